The van der Waals surface area contributed by atoms with Gasteiger partial charge in [0.05, 0.1) is 0 Å². The van der Waals surface area contributed by atoms with E-state index in [2.05, 4.69) is 15.3 Å². The van der Waals surface area contributed by atoms with Crippen molar-refractivity contribution in [2.45, 2.75) is 11.1 Å². The van der Waals surface area contributed by atoms with E-state index in [-0.39, 0.29) is 0 Å². The Bertz CT molecular complexity index is 974. The second-order valence-corrected chi connectivity index (χ2v) is 9.41. The Labute approximate surface area is 155 Å². The zero-order chi connectivity index (χ0) is 18.1. The molecule has 1 saturated heterocycles. The van der Waals surface area contributed by atoms with Crippen LogP contribution in [0.4, 0.5) is 5.82 Å². The second kappa shape index (κ2) is 6.78. The quantitative estimate of drug-likeness (QED) is 0.672. The van der Waals surface area contributed by atoms with E-state index in [1.807, 2.05) is 36.1 Å². The molecule has 1 fully saturated rings. The molecule has 0 radical (unpaired) electrons. The highest BCUT2D eigenvalue weighted by atomic mass is 32.2. The van der Waals surface area contributed by atoms with Crippen molar-refractivity contribution in [3.63, 3.8) is 0 Å². The topological polar surface area (TPSA) is 84.2 Å². The minimum atomic E-state index is -3.41. The van der Waals surface area contributed by atoms with Crippen molar-refractivity contribution in [2.24, 2.45) is 0 Å². The summed E-state index contributed by atoms with van der Waals surface area (Å²) in [5.41, 5.74) is 0. The molecule has 1 aliphatic rings. The number of hydrogen-bond donors (Lipinski definition) is 0. The third-order valence-electron chi connectivity index (χ3n) is 4.25. The van der Waals surface area contributed by atoms with Crippen LogP contribution in [0.15, 0.2) is 46.9 Å². The Balaban J connectivity index is 1.43. The molecule has 4 heterocycles. The van der Waals surface area contributed by atoms with Crippen LogP contribution in [0.5, 0.6) is 0 Å². The predicted octanol–water partition coefficient (Wildman–Crippen LogP) is 1.54. The fraction of sp³-hybridized carbons (Fsp3) is 0.312. The molecule has 0 aromatic carbocycles. The van der Waals surface area contributed by atoms with E-state index in [0.717, 1.165) is 10.7 Å². The smallest absolute Gasteiger partial charge is 0.252 e. The highest BCUT2D eigenvalue weighted by molar-refractivity contribution is 7.91. The number of rotatable bonds is 4. The lowest BCUT2D eigenvalue weighted by Gasteiger charge is -2.34. The normalized spacial score (nSPS) is 16.1. The Hall–Kier alpha value is -2.30. The fourth-order valence-corrected chi connectivity index (χ4v) is 5.71. The van der Waals surface area contributed by atoms with Crippen LogP contribution >= 0.6 is 11.3 Å². The Morgan fingerprint density at radius 2 is 1.73 bits per heavy atom. The van der Waals surface area contributed by atoms with Crippen LogP contribution in [0.1, 0.15) is 4.88 Å². The summed E-state index contributed by atoms with van der Waals surface area (Å²) < 4.78 is 29.0. The van der Waals surface area contributed by atoms with Crippen molar-refractivity contribution in [1.29, 1.82) is 0 Å². The van der Waals surface area contributed by atoms with Gasteiger partial charge in [0.25, 0.3) is 10.0 Å². The van der Waals surface area contributed by atoms with Crippen LogP contribution in [0, 0.1) is 6.92 Å². The van der Waals surface area contributed by atoms with E-state index in [0.29, 0.717) is 36.2 Å². The number of nitrogens with zero attached hydrogens (tertiary/aromatic N) is 6. The maximum atomic E-state index is 12.7. The minimum absolute atomic E-state index is 0.409. The van der Waals surface area contributed by atoms with Crippen molar-refractivity contribution >= 4 is 27.2 Å². The van der Waals surface area contributed by atoms with Crippen LogP contribution in [-0.2, 0) is 10.0 Å². The van der Waals surface area contributed by atoms with Gasteiger partial charge in [-0.3, -0.25) is 0 Å². The van der Waals surface area contributed by atoms with E-state index >= 15 is 0 Å². The van der Waals surface area contributed by atoms with Crippen molar-refractivity contribution in [3.05, 3.63) is 47.6 Å². The van der Waals surface area contributed by atoms with Crippen molar-refractivity contribution < 1.29 is 8.42 Å². The lowest BCUT2D eigenvalue weighted by molar-refractivity contribution is 0.384. The summed E-state index contributed by atoms with van der Waals surface area (Å²) in [6.07, 6.45) is 3.49. The van der Waals surface area contributed by atoms with Gasteiger partial charge < -0.3 is 4.90 Å². The molecule has 4 rings (SSSR count). The fourth-order valence-electron chi connectivity index (χ4n) is 2.85. The molecule has 0 aliphatic carbocycles. The predicted molar refractivity (Wildman–Crippen MR) is 99.2 cm³/mol. The molecule has 136 valence electrons. The van der Waals surface area contributed by atoms with E-state index in [4.69, 9.17) is 0 Å². The number of thiophene rings is 1. The van der Waals surface area contributed by atoms with Gasteiger partial charge in [0, 0.05) is 43.4 Å². The lowest BCUT2D eigenvalue weighted by atomic mass is 10.3. The molecule has 0 amide bonds. The molecule has 0 bridgehead atoms. The summed E-state index contributed by atoms with van der Waals surface area (Å²) in [5, 5.41) is 12.6. The number of aryl methyl sites for hydroxylation is 1. The maximum Gasteiger partial charge on any atom is 0.252 e. The summed E-state index contributed by atoms with van der Waals surface area (Å²) in [5.74, 6) is 1.39. The molecule has 0 saturated carbocycles. The summed E-state index contributed by atoms with van der Waals surface area (Å²) in [6.45, 7) is 3.94. The number of piperazine rings is 1. The van der Waals surface area contributed by atoms with Gasteiger partial charge in [0.2, 0.25) is 0 Å². The van der Waals surface area contributed by atoms with E-state index < -0.39 is 10.0 Å². The summed E-state index contributed by atoms with van der Waals surface area (Å²) in [4.78, 5) is 3.04. The molecule has 26 heavy (non-hydrogen) atoms. The van der Waals surface area contributed by atoms with Crippen LogP contribution in [0.2, 0.25) is 0 Å². The van der Waals surface area contributed by atoms with Crippen LogP contribution in [-0.4, -0.2) is 58.9 Å². The third-order valence-corrected chi connectivity index (χ3v) is 7.61. The number of anilines is 1. The van der Waals surface area contributed by atoms with E-state index in [1.165, 1.54) is 11.3 Å². The SMILES string of the molecule is Cc1ccc(S(=O)(=O)N2CCN(c3ccc(-n4cccn4)nn3)CC2)s1. The molecule has 0 unspecified atom stereocenters. The maximum absolute atomic E-state index is 12.7. The van der Waals surface area contributed by atoms with Gasteiger partial charge in [0.15, 0.2) is 11.6 Å². The van der Waals surface area contributed by atoms with Crippen LogP contribution in [0.25, 0.3) is 5.82 Å². The van der Waals surface area contributed by atoms with Gasteiger partial charge in [0.1, 0.15) is 4.21 Å². The van der Waals surface area contributed by atoms with Crippen molar-refractivity contribution in [3.8, 4) is 5.82 Å². The summed E-state index contributed by atoms with van der Waals surface area (Å²) in [6, 6.07) is 9.08. The van der Waals surface area contributed by atoms with Gasteiger partial charge in [-0.1, -0.05) is 0 Å². The average molecular weight is 390 g/mol. The zero-order valence-electron chi connectivity index (χ0n) is 14.2. The van der Waals surface area contributed by atoms with Gasteiger partial charge in [-0.25, -0.2) is 13.1 Å². The summed E-state index contributed by atoms with van der Waals surface area (Å²) in [7, 11) is -3.41. The largest absolute Gasteiger partial charge is 0.352 e. The molecule has 8 nitrogen and oxygen atoms in total. The lowest BCUT2D eigenvalue weighted by Crippen LogP contribution is -2.48. The average Bonchev–Trinajstić information content (AvgIpc) is 3.34. The molecule has 0 N–H and O–H groups in total. The molecule has 3 aromatic heterocycles. The van der Waals surface area contributed by atoms with Gasteiger partial charge in [-0.15, -0.1) is 21.5 Å². The highest BCUT2D eigenvalue weighted by Gasteiger charge is 2.30. The minimum Gasteiger partial charge on any atom is -0.352 e. The molecule has 1 aliphatic heterocycles. The molecule has 0 spiro atoms. The monoisotopic (exact) mass is 390 g/mol. The number of sulfonamides is 1. The number of hydrogen-bond acceptors (Lipinski definition) is 7. The Morgan fingerprint density at radius 1 is 1.00 bits per heavy atom. The van der Waals surface area contributed by atoms with Crippen LogP contribution in [0.3, 0.4) is 0 Å². The molecule has 0 atom stereocenters. The number of aromatic nitrogens is 4. The van der Waals surface area contributed by atoms with Gasteiger partial charge >= 0.3 is 0 Å². The first-order chi connectivity index (χ1) is 12.5. The van der Waals surface area contributed by atoms with Crippen LogP contribution < -0.4 is 4.90 Å². The molecular formula is C16H18N6O2S2. The van der Waals surface area contributed by atoms with Gasteiger partial charge in [-0.2, -0.15) is 9.40 Å². The Kier molecular flexibility index (Phi) is 4.47. The third kappa shape index (κ3) is 3.22. The zero-order valence-corrected chi connectivity index (χ0v) is 15.8. The first kappa shape index (κ1) is 17.1. The van der Waals surface area contributed by atoms with E-state index in [9.17, 15) is 8.42 Å². The second-order valence-electron chi connectivity index (χ2n) is 5.96. The molecule has 10 heteroatoms. The molecule has 3 aromatic rings. The van der Waals surface area contributed by atoms with Crippen molar-refractivity contribution in [1.82, 2.24) is 24.3 Å². The van der Waals surface area contributed by atoms with Gasteiger partial charge in [-0.05, 0) is 37.3 Å². The first-order valence-corrected chi connectivity index (χ1v) is 10.4. The van der Waals surface area contributed by atoms with Crippen molar-refractivity contribution in [2.75, 3.05) is 31.1 Å². The standard InChI is InChI=1S/C16H18N6O2S2/c1-13-3-6-16(25-13)26(23,24)21-11-9-20(10-12-21)14-4-5-15(19-18-14)22-8-2-7-17-22/h2-8H,9-12H2,1H3. The Morgan fingerprint density at radius 3 is 2.31 bits per heavy atom. The van der Waals surface area contributed by atoms with E-state index in [1.54, 1.807) is 27.4 Å². The summed E-state index contributed by atoms with van der Waals surface area (Å²) >= 11 is 1.31. The highest BCUT2D eigenvalue weighted by Crippen LogP contribution is 2.25. The first-order valence-electron chi connectivity index (χ1n) is 8.19. The molecular weight excluding hydrogens is 372 g/mol.